The van der Waals surface area contributed by atoms with E-state index in [-0.39, 0.29) is 11.8 Å². The van der Waals surface area contributed by atoms with Gasteiger partial charge in [-0.1, -0.05) is 29.8 Å². The molecule has 1 N–H and O–H groups in total. The summed E-state index contributed by atoms with van der Waals surface area (Å²) in [6, 6.07) is 9.58. The Morgan fingerprint density at radius 2 is 2.06 bits per heavy atom. The summed E-state index contributed by atoms with van der Waals surface area (Å²) in [6.45, 7) is 3.65. The molecule has 0 aliphatic carbocycles. The molecule has 2 aromatic heterocycles. The van der Waals surface area contributed by atoms with Crippen LogP contribution in [0.15, 0.2) is 36.5 Å². The molecular weight excluding hydrogens is 425 g/mol. The third kappa shape index (κ3) is 4.21. The maximum absolute atomic E-state index is 12.6. The second-order valence-electron chi connectivity index (χ2n) is 8.55. The first-order valence-corrected chi connectivity index (χ1v) is 11.5. The number of nitrogens with one attached hydrogen (secondary N) is 1. The highest BCUT2D eigenvalue weighted by atomic mass is 35.5. The zero-order valence-electron chi connectivity index (χ0n) is 17.8. The molecule has 1 amide bonds. The fraction of sp³-hybridized carbons (Fsp3) is 0.435. The molecule has 0 bridgehead atoms. The summed E-state index contributed by atoms with van der Waals surface area (Å²) >= 11 is 6.41. The van der Waals surface area contributed by atoms with Gasteiger partial charge in [0.1, 0.15) is 13.7 Å². The number of hydrogen-bond donors (Lipinski definition) is 1. The molecular formula is C23H25BClN5O2. The summed E-state index contributed by atoms with van der Waals surface area (Å²) < 4.78 is 7.11. The van der Waals surface area contributed by atoms with Crippen LogP contribution >= 0.6 is 11.6 Å². The number of fused-ring (bicyclic) bond motifs is 1. The molecule has 4 heterocycles. The average molecular weight is 450 g/mol. The van der Waals surface area contributed by atoms with Crippen LogP contribution in [0.2, 0.25) is 5.02 Å². The quantitative estimate of drug-likeness (QED) is 0.606. The number of amides is 1. The molecule has 2 fully saturated rings. The molecule has 2 aliphatic rings. The molecule has 3 aromatic rings. The van der Waals surface area contributed by atoms with E-state index in [2.05, 4.69) is 15.4 Å². The second kappa shape index (κ2) is 9.12. The molecule has 0 spiro atoms. The van der Waals surface area contributed by atoms with Crippen LogP contribution in [0.3, 0.4) is 0 Å². The number of piperidine rings is 1. The van der Waals surface area contributed by atoms with Gasteiger partial charge in [0.2, 0.25) is 5.91 Å². The Hall–Kier alpha value is -2.58. The molecule has 164 valence electrons. The summed E-state index contributed by atoms with van der Waals surface area (Å²) in [5.41, 5.74) is 2.72. The number of carbonyl (C=O) groups is 1. The van der Waals surface area contributed by atoms with E-state index in [0.717, 1.165) is 56.0 Å². The second-order valence-corrected chi connectivity index (χ2v) is 8.96. The van der Waals surface area contributed by atoms with Gasteiger partial charge in [-0.2, -0.15) is 9.61 Å². The summed E-state index contributed by atoms with van der Waals surface area (Å²) in [6.07, 6.45) is 4.40. The highest BCUT2D eigenvalue weighted by Gasteiger charge is 2.30. The van der Waals surface area contributed by atoms with Crippen molar-refractivity contribution in [3.05, 3.63) is 41.6 Å². The lowest BCUT2D eigenvalue weighted by molar-refractivity contribution is -0.136. The van der Waals surface area contributed by atoms with Gasteiger partial charge in [0.05, 0.1) is 18.2 Å². The Morgan fingerprint density at radius 3 is 2.81 bits per heavy atom. The number of nitrogens with zero attached hydrogens (tertiary/aromatic N) is 4. The molecule has 1 atom stereocenters. The highest BCUT2D eigenvalue weighted by Crippen LogP contribution is 2.29. The number of benzene rings is 1. The predicted octanol–water partition coefficient (Wildman–Crippen LogP) is 2.53. The van der Waals surface area contributed by atoms with Crippen molar-refractivity contribution in [1.29, 1.82) is 0 Å². The topological polar surface area (TPSA) is 71.8 Å². The van der Waals surface area contributed by atoms with Crippen LogP contribution in [0, 0.1) is 11.8 Å². The molecule has 1 aromatic carbocycles. The van der Waals surface area contributed by atoms with Crippen LogP contribution in [0.1, 0.15) is 19.3 Å². The van der Waals surface area contributed by atoms with Crippen molar-refractivity contribution >= 4 is 42.3 Å². The van der Waals surface area contributed by atoms with Gasteiger partial charge in [-0.3, -0.25) is 4.79 Å². The molecule has 5 rings (SSSR count). The van der Waals surface area contributed by atoms with Gasteiger partial charge in [-0.05, 0) is 36.7 Å². The van der Waals surface area contributed by atoms with Crippen molar-refractivity contribution in [3.63, 3.8) is 0 Å². The van der Waals surface area contributed by atoms with Crippen LogP contribution in [0.25, 0.3) is 16.9 Å². The summed E-state index contributed by atoms with van der Waals surface area (Å²) in [4.78, 5) is 19.3. The molecule has 0 saturated carbocycles. The van der Waals surface area contributed by atoms with Crippen molar-refractivity contribution in [2.75, 3.05) is 38.2 Å². The normalized spacial score (nSPS) is 19.5. The smallest absolute Gasteiger partial charge is 0.228 e. The fourth-order valence-electron chi connectivity index (χ4n) is 4.51. The van der Waals surface area contributed by atoms with E-state index in [9.17, 15) is 4.79 Å². The number of anilines is 1. The van der Waals surface area contributed by atoms with Gasteiger partial charge in [0.15, 0.2) is 5.65 Å². The molecule has 32 heavy (non-hydrogen) atoms. The average Bonchev–Trinajstić information content (AvgIpc) is 3.48. The minimum atomic E-state index is 0.0447. The molecule has 2 aliphatic heterocycles. The molecule has 1 unspecified atom stereocenters. The van der Waals surface area contributed by atoms with E-state index in [0.29, 0.717) is 35.3 Å². The van der Waals surface area contributed by atoms with Crippen LogP contribution in [0.5, 0.6) is 0 Å². The number of aromatic nitrogens is 3. The first kappa shape index (κ1) is 21.3. The SMILES string of the molecule is [B]c1cnn2c(NCC3CCN(C(=O)C4CCOC4)CC3)cc(-c3ccccc3Cl)nc12. The molecule has 9 heteroatoms. The monoisotopic (exact) mass is 449 g/mol. The van der Waals surface area contributed by atoms with Crippen LogP contribution < -0.4 is 10.8 Å². The van der Waals surface area contributed by atoms with Gasteiger partial charge in [0.25, 0.3) is 0 Å². The Kier molecular flexibility index (Phi) is 6.06. The number of rotatable bonds is 5. The zero-order valence-corrected chi connectivity index (χ0v) is 18.6. The minimum Gasteiger partial charge on any atom is -0.381 e. The first-order chi connectivity index (χ1) is 15.6. The van der Waals surface area contributed by atoms with Crippen LogP contribution in [-0.4, -0.2) is 66.1 Å². The van der Waals surface area contributed by atoms with Gasteiger partial charge in [0, 0.05) is 49.1 Å². The Bertz CT molecular complexity index is 1120. The fourth-order valence-corrected chi connectivity index (χ4v) is 4.74. The number of carbonyl (C=O) groups excluding carboxylic acids is 1. The van der Waals surface area contributed by atoms with Crippen molar-refractivity contribution < 1.29 is 9.53 Å². The lowest BCUT2D eigenvalue weighted by Crippen LogP contribution is -2.43. The Morgan fingerprint density at radius 1 is 1.25 bits per heavy atom. The number of hydrogen-bond acceptors (Lipinski definition) is 5. The van der Waals surface area contributed by atoms with E-state index >= 15 is 0 Å². The van der Waals surface area contributed by atoms with E-state index in [1.807, 2.05) is 35.2 Å². The summed E-state index contributed by atoms with van der Waals surface area (Å²) in [5, 5.41) is 8.56. The molecule has 2 saturated heterocycles. The third-order valence-corrected chi connectivity index (χ3v) is 6.76. The summed E-state index contributed by atoms with van der Waals surface area (Å²) in [5.74, 6) is 1.59. The maximum atomic E-state index is 12.6. The molecule has 7 nitrogen and oxygen atoms in total. The van der Waals surface area contributed by atoms with E-state index in [4.69, 9.17) is 24.2 Å². The zero-order chi connectivity index (χ0) is 22.1. The highest BCUT2D eigenvalue weighted by molar-refractivity contribution is 6.36. The van der Waals surface area contributed by atoms with Gasteiger partial charge >= 0.3 is 0 Å². The lowest BCUT2D eigenvalue weighted by atomic mass is 9.95. The van der Waals surface area contributed by atoms with Crippen LogP contribution in [0.4, 0.5) is 5.82 Å². The van der Waals surface area contributed by atoms with Gasteiger partial charge in [-0.15, -0.1) is 0 Å². The Labute approximate surface area is 193 Å². The van der Waals surface area contributed by atoms with Gasteiger partial charge < -0.3 is 15.0 Å². The number of halogens is 1. The van der Waals surface area contributed by atoms with Crippen molar-refractivity contribution in [1.82, 2.24) is 19.5 Å². The largest absolute Gasteiger partial charge is 0.381 e. The van der Waals surface area contributed by atoms with Gasteiger partial charge in [-0.25, -0.2) is 4.98 Å². The van der Waals surface area contributed by atoms with E-state index < -0.39 is 0 Å². The first-order valence-electron chi connectivity index (χ1n) is 11.1. The standard InChI is InChI=1S/C23H25BClN5O2/c24-18-13-27-30-21(11-20(28-22(18)30)17-3-1-2-4-19(17)25)26-12-15-5-8-29(9-6-15)23(31)16-7-10-32-14-16/h1-4,11,13,15-16,26H,5-10,12,14H2. The number of likely N-dealkylation sites (tertiary alicyclic amines) is 1. The van der Waals surface area contributed by atoms with Crippen molar-refractivity contribution in [2.45, 2.75) is 19.3 Å². The molecule has 2 radical (unpaired) electrons. The predicted molar refractivity (Wildman–Crippen MR) is 126 cm³/mol. The van der Waals surface area contributed by atoms with E-state index in [1.54, 1.807) is 10.7 Å². The third-order valence-electron chi connectivity index (χ3n) is 6.43. The Balaban J connectivity index is 1.28. The van der Waals surface area contributed by atoms with Crippen molar-refractivity contribution in [3.8, 4) is 11.3 Å². The maximum Gasteiger partial charge on any atom is 0.228 e. The summed E-state index contributed by atoms with van der Waals surface area (Å²) in [7, 11) is 6.11. The van der Waals surface area contributed by atoms with E-state index in [1.165, 1.54) is 0 Å². The lowest BCUT2D eigenvalue weighted by Gasteiger charge is -2.33. The number of ether oxygens (including phenoxy) is 1. The minimum absolute atomic E-state index is 0.0447. The van der Waals surface area contributed by atoms with Crippen LogP contribution in [-0.2, 0) is 9.53 Å². The van der Waals surface area contributed by atoms with Crippen molar-refractivity contribution in [2.24, 2.45) is 11.8 Å².